The van der Waals surface area contributed by atoms with Crippen molar-refractivity contribution >= 4 is 5.97 Å². The zero-order valence-corrected chi connectivity index (χ0v) is 6.22. The fraction of sp³-hybridized carbons (Fsp3) is 0.400. The van der Waals surface area contributed by atoms with Gasteiger partial charge in [0.05, 0.1) is 0 Å². The van der Waals surface area contributed by atoms with Crippen LogP contribution in [-0.2, 0) is 24.0 Å². The molecule has 0 aliphatic rings. The van der Waals surface area contributed by atoms with E-state index >= 15 is 0 Å². The summed E-state index contributed by atoms with van der Waals surface area (Å²) in [5.74, 6) is -0.833. The van der Waals surface area contributed by atoms with E-state index in [9.17, 15) is 0 Å². The van der Waals surface area contributed by atoms with Crippen LogP contribution < -0.4 is 0 Å². The molecular weight excluding hydrogens is 198 g/mol. The number of carbonyl (C=O) groups is 1. The van der Waals surface area contributed by atoms with Gasteiger partial charge < -0.3 is 5.11 Å². The summed E-state index contributed by atoms with van der Waals surface area (Å²) in [6.45, 7) is 4.52. The molecule has 0 fully saturated rings. The Hall–Kier alpha value is -0.128. The minimum absolute atomic E-state index is 0.833. The van der Waals surface area contributed by atoms with Crippen LogP contribution in [0.4, 0.5) is 0 Å². The monoisotopic (exact) mass is 207 g/mol. The van der Waals surface area contributed by atoms with Gasteiger partial charge in [-0.25, -0.2) is 0 Å². The second-order valence-electron chi connectivity index (χ2n) is 0.937. The molecule has 8 heavy (non-hydrogen) atoms. The Labute approximate surface area is 60.0 Å². The fourth-order valence-electron chi connectivity index (χ4n) is 0. The van der Waals surface area contributed by atoms with E-state index in [1.54, 1.807) is 0 Å². The van der Waals surface area contributed by atoms with E-state index in [4.69, 9.17) is 9.90 Å². The van der Waals surface area contributed by atoms with Gasteiger partial charge in [-0.2, -0.15) is 0 Å². The van der Waals surface area contributed by atoms with E-state index in [1.165, 1.54) is 0 Å². The molecule has 3 heteroatoms. The van der Waals surface area contributed by atoms with Crippen molar-refractivity contribution in [3.05, 3.63) is 12.7 Å². The third-order valence-corrected chi connectivity index (χ3v) is 0.540. The summed E-state index contributed by atoms with van der Waals surface area (Å²) in [6, 6.07) is 0. The smallest absolute Gasteiger partial charge is 0.300 e. The number of carboxylic acid groups (broad SMARTS) is 1. The molecule has 0 spiro atoms. The first kappa shape index (κ1) is 10.8. The maximum atomic E-state index is 9.00. The number of hydrogen-bond donors (Lipinski definition) is 1. The van der Waals surface area contributed by atoms with Gasteiger partial charge in [0.1, 0.15) is 0 Å². The summed E-state index contributed by atoms with van der Waals surface area (Å²) < 4.78 is 0. The van der Waals surface area contributed by atoms with Crippen molar-refractivity contribution in [3.63, 3.8) is 0 Å². The Morgan fingerprint density at radius 2 is 2.12 bits per heavy atom. The van der Waals surface area contributed by atoms with E-state index in [0.29, 0.717) is 0 Å². The van der Waals surface area contributed by atoms with Gasteiger partial charge in [0, 0.05) is 6.92 Å². The third kappa shape index (κ3) is 183. The normalized spacial score (nSPS) is 6.38. The topological polar surface area (TPSA) is 37.3 Å². The molecule has 0 atom stereocenters. The summed E-state index contributed by atoms with van der Waals surface area (Å²) in [6.07, 6.45) is 1.81. The van der Waals surface area contributed by atoms with Crippen LogP contribution in [0.5, 0.6) is 0 Å². The molecule has 0 aliphatic carbocycles. The molecule has 1 N–H and O–H groups in total. The summed E-state index contributed by atoms with van der Waals surface area (Å²) in [4.78, 5) is 9.93. The molecule has 0 rings (SSSR count). The molecule has 0 radical (unpaired) electrons. The average Bonchev–Trinajstić information content (AvgIpc) is 1.65. The van der Waals surface area contributed by atoms with Crippen LogP contribution in [0.3, 0.4) is 0 Å². The van der Waals surface area contributed by atoms with Crippen molar-refractivity contribution in [2.45, 2.75) is 11.8 Å². The molecule has 0 heterocycles. The van der Waals surface area contributed by atoms with Crippen molar-refractivity contribution in [1.29, 1.82) is 0 Å². The SMILES string of the molecule is C=C[CH2][Pd].CC(=O)O. The fourth-order valence-corrected chi connectivity index (χ4v) is 0. The predicted octanol–water partition coefficient (Wildman–Crippen LogP) is 1.23. The predicted molar refractivity (Wildman–Crippen MR) is 28.3 cm³/mol. The Morgan fingerprint density at radius 3 is 2.12 bits per heavy atom. The Bertz CT molecular complexity index is 66.8. The maximum absolute atomic E-state index is 9.00. The van der Waals surface area contributed by atoms with Crippen LogP contribution in [0, 0.1) is 0 Å². The van der Waals surface area contributed by atoms with Gasteiger partial charge in [-0.3, -0.25) is 4.79 Å². The third-order valence-electron chi connectivity index (χ3n) is 0.0913. The summed E-state index contributed by atoms with van der Waals surface area (Å²) in [7, 11) is 0. The Morgan fingerprint density at radius 1 is 2.00 bits per heavy atom. The first-order valence-electron chi connectivity index (χ1n) is 1.97. The number of hydrogen-bond acceptors (Lipinski definition) is 1. The minimum Gasteiger partial charge on any atom is -0.481 e. The van der Waals surface area contributed by atoms with Crippen molar-refractivity contribution < 1.29 is 29.1 Å². The number of aliphatic carboxylic acids is 1. The maximum Gasteiger partial charge on any atom is 0.300 e. The van der Waals surface area contributed by atoms with Crippen LogP contribution in [0.15, 0.2) is 12.7 Å². The van der Waals surface area contributed by atoms with Gasteiger partial charge in [0.25, 0.3) is 5.97 Å². The van der Waals surface area contributed by atoms with E-state index in [-0.39, 0.29) is 0 Å². The van der Waals surface area contributed by atoms with E-state index in [0.717, 1.165) is 11.8 Å². The van der Waals surface area contributed by atoms with Crippen molar-refractivity contribution in [2.75, 3.05) is 0 Å². The Kier molecular flexibility index (Phi) is 13.5. The first-order valence-corrected chi connectivity index (χ1v) is 3.07. The molecule has 0 amide bonds. The zero-order valence-electron chi connectivity index (χ0n) is 4.66. The minimum atomic E-state index is -0.833. The molecule has 0 saturated carbocycles. The van der Waals surface area contributed by atoms with Gasteiger partial charge in [-0.05, 0) is 0 Å². The Balaban J connectivity index is 0. The largest absolute Gasteiger partial charge is 0.481 e. The molecule has 0 aliphatic heterocycles. The summed E-state index contributed by atoms with van der Waals surface area (Å²) in [5, 5.41) is 7.42. The van der Waals surface area contributed by atoms with Crippen LogP contribution >= 0.6 is 0 Å². The van der Waals surface area contributed by atoms with Crippen molar-refractivity contribution in [2.24, 2.45) is 0 Å². The van der Waals surface area contributed by atoms with Gasteiger partial charge in [-0.1, -0.05) is 0 Å². The zero-order chi connectivity index (χ0) is 6.99. The summed E-state index contributed by atoms with van der Waals surface area (Å²) in [5.41, 5.74) is 0. The molecular formula is C5H9O2Pd. The van der Waals surface area contributed by atoms with Gasteiger partial charge >= 0.3 is 36.8 Å². The molecule has 0 unspecified atom stereocenters. The van der Waals surface area contributed by atoms with Crippen LogP contribution in [0.25, 0.3) is 0 Å². The second kappa shape index (κ2) is 9.98. The van der Waals surface area contributed by atoms with Crippen molar-refractivity contribution in [3.8, 4) is 0 Å². The molecule has 51 valence electrons. The first-order chi connectivity index (χ1) is 3.65. The molecule has 0 aromatic rings. The molecule has 0 saturated heterocycles. The van der Waals surface area contributed by atoms with E-state index in [1.807, 2.05) is 6.08 Å². The molecule has 0 aromatic heterocycles. The standard InChI is InChI=1S/C3H5.C2H4O2.Pd/c1-3-2;1-2(3)4;/h3H,1-2H2;1H3,(H,3,4);. The van der Waals surface area contributed by atoms with Crippen LogP contribution in [-0.4, -0.2) is 11.1 Å². The van der Waals surface area contributed by atoms with Gasteiger partial charge in [0.2, 0.25) is 0 Å². The van der Waals surface area contributed by atoms with Crippen molar-refractivity contribution in [1.82, 2.24) is 0 Å². The number of allylic oxidation sites excluding steroid dienone is 1. The molecule has 2 nitrogen and oxygen atoms in total. The van der Waals surface area contributed by atoms with Gasteiger partial charge in [0.15, 0.2) is 0 Å². The summed E-state index contributed by atoms with van der Waals surface area (Å²) >= 11 is 2.92. The second-order valence-corrected chi connectivity index (χ2v) is 1.57. The van der Waals surface area contributed by atoms with E-state index in [2.05, 4.69) is 25.8 Å². The number of carboxylic acids is 1. The van der Waals surface area contributed by atoms with Gasteiger partial charge in [-0.15, -0.1) is 0 Å². The number of rotatable bonds is 1. The molecule has 0 aromatic carbocycles. The van der Waals surface area contributed by atoms with E-state index < -0.39 is 5.97 Å². The quantitative estimate of drug-likeness (QED) is 0.519. The molecule has 0 bridgehead atoms. The van der Waals surface area contributed by atoms with Crippen LogP contribution in [0.1, 0.15) is 6.92 Å². The average molecular weight is 208 g/mol. The van der Waals surface area contributed by atoms with Crippen LogP contribution in [0.2, 0.25) is 4.89 Å².